The van der Waals surface area contributed by atoms with Crippen molar-refractivity contribution in [3.8, 4) is 0 Å². The van der Waals surface area contributed by atoms with Crippen LogP contribution in [0.1, 0.15) is 11.1 Å². The van der Waals surface area contributed by atoms with E-state index >= 15 is 0 Å². The molecule has 1 N–H and O–H groups in total. The van der Waals surface area contributed by atoms with Crippen molar-refractivity contribution in [2.24, 2.45) is 0 Å². The monoisotopic (exact) mass is 274 g/mol. The summed E-state index contributed by atoms with van der Waals surface area (Å²) in [7, 11) is 0. The van der Waals surface area contributed by atoms with Crippen molar-refractivity contribution < 1.29 is 9.90 Å². The molecule has 1 heterocycles. The van der Waals surface area contributed by atoms with Gasteiger partial charge >= 0.3 is 11.7 Å². The first-order valence-corrected chi connectivity index (χ1v) is 6.05. The molecule has 0 aliphatic carbocycles. The molecule has 6 heteroatoms. The Hall–Kier alpha value is -2.63. The van der Waals surface area contributed by atoms with Gasteiger partial charge < -0.3 is 5.11 Å². The maximum absolute atomic E-state index is 12.1. The third-order valence-electron chi connectivity index (χ3n) is 3.04. The zero-order valence-corrected chi connectivity index (χ0v) is 10.9. The molecule has 0 aliphatic rings. The van der Waals surface area contributed by atoms with Crippen LogP contribution in [0.25, 0.3) is 0 Å². The van der Waals surface area contributed by atoms with Crippen molar-refractivity contribution >= 4 is 5.97 Å². The van der Waals surface area contributed by atoms with Crippen LogP contribution in [0.5, 0.6) is 0 Å². The van der Waals surface area contributed by atoms with Gasteiger partial charge in [-0.15, -0.1) is 0 Å². The Labute approximate surface area is 114 Å². The van der Waals surface area contributed by atoms with Crippen LogP contribution < -0.4 is 11.2 Å². The molecular formula is C14H14N2O4. The first-order valence-electron chi connectivity index (χ1n) is 6.05. The maximum atomic E-state index is 12.1. The van der Waals surface area contributed by atoms with E-state index in [-0.39, 0.29) is 0 Å². The van der Waals surface area contributed by atoms with E-state index in [1.165, 1.54) is 16.8 Å². The van der Waals surface area contributed by atoms with E-state index in [0.29, 0.717) is 11.1 Å². The molecule has 1 aromatic carbocycles. The van der Waals surface area contributed by atoms with Crippen molar-refractivity contribution in [1.29, 1.82) is 0 Å². The molecule has 104 valence electrons. The highest BCUT2D eigenvalue weighted by Crippen LogP contribution is 2.07. The number of carboxylic acid groups (broad SMARTS) is 1. The average Bonchev–Trinajstić information content (AvgIpc) is 2.40. The van der Waals surface area contributed by atoms with Gasteiger partial charge in [0.1, 0.15) is 6.54 Å². The van der Waals surface area contributed by atoms with Crippen molar-refractivity contribution in [3.63, 3.8) is 0 Å². The van der Waals surface area contributed by atoms with Gasteiger partial charge in [-0.3, -0.25) is 14.2 Å². The first-order chi connectivity index (χ1) is 9.49. The second kappa shape index (κ2) is 5.56. The molecule has 6 nitrogen and oxygen atoms in total. The summed E-state index contributed by atoms with van der Waals surface area (Å²) in [6.45, 7) is 1.59. The van der Waals surface area contributed by atoms with Gasteiger partial charge in [0, 0.05) is 12.3 Å². The van der Waals surface area contributed by atoms with Gasteiger partial charge in [-0.05, 0) is 18.1 Å². The van der Waals surface area contributed by atoms with Crippen LogP contribution in [-0.2, 0) is 17.9 Å². The zero-order valence-electron chi connectivity index (χ0n) is 10.9. The molecular weight excluding hydrogens is 260 g/mol. The van der Waals surface area contributed by atoms with Crippen LogP contribution >= 0.6 is 0 Å². The first kappa shape index (κ1) is 13.8. The van der Waals surface area contributed by atoms with Crippen LogP contribution in [0.3, 0.4) is 0 Å². The number of carbonyl (C=O) groups is 1. The second-order valence-corrected chi connectivity index (χ2v) is 4.47. The molecule has 0 saturated heterocycles. The predicted molar refractivity (Wildman–Crippen MR) is 72.9 cm³/mol. The van der Waals surface area contributed by atoms with E-state index in [1.54, 1.807) is 0 Å². The number of aromatic nitrogens is 2. The van der Waals surface area contributed by atoms with Gasteiger partial charge in [-0.25, -0.2) is 9.36 Å². The minimum atomic E-state index is -1.22. The summed E-state index contributed by atoms with van der Waals surface area (Å²) in [5.41, 5.74) is 0.729. The fraction of sp³-hybridized carbons (Fsp3) is 0.214. The number of aryl methyl sites for hydroxylation is 1. The topological polar surface area (TPSA) is 81.3 Å². The predicted octanol–water partition coefficient (Wildman–Crippen LogP) is 0.451. The molecule has 0 spiro atoms. The Bertz CT molecular complexity index is 758. The molecule has 0 radical (unpaired) electrons. The Balaban J connectivity index is 2.44. The van der Waals surface area contributed by atoms with Crippen LogP contribution in [0.4, 0.5) is 0 Å². The van der Waals surface area contributed by atoms with Crippen molar-refractivity contribution in [3.05, 3.63) is 68.5 Å². The Kier molecular flexibility index (Phi) is 3.84. The lowest BCUT2D eigenvalue weighted by molar-refractivity contribution is -0.137. The highest BCUT2D eigenvalue weighted by Gasteiger charge is 2.09. The third-order valence-corrected chi connectivity index (χ3v) is 3.04. The summed E-state index contributed by atoms with van der Waals surface area (Å²) in [4.78, 5) is 34.3. The van der Waals surface area contributed by atoms with Gasteiger partial charge in [0.25, 0.3) is 5.56 Å². The molecule has 2 rings (SSSR count). The number of hydrogen-bond donors (Lipinski definition) is 1. The van der Waals surface area contributed by atoms with Crippen LogP contribution in [0.15, 0.2) is 46.1 Å². The maximum Gasteiger partial charge on any atom is 0.331 e. The Morgan fingerprint density at radius 2 is 1.90 bits per heavy atom. The van der Waals surface area contributed by atoms with Gasteiger partial charge in [0.05, 0.1) is 6.54 Å². The number of aliphatic carboxylic acids is 1. The largest absolute Gasteiger partial charge is 0.480 e. The highest BCUT2D eigenvalue weighted by atomic mass is 16.4. The number of nitrogens with zero attached hydrogens (tertiary/aromatic N) is 2. The number of hydrogen-bond acceptors (Lipinski definition) is 3. The molecule has 20 heavy (non-hydrogen) atoms. The quantitative estimate of drug-likeness (QED) is 0.877. The number of rotatable bonds is 4. The molecule has 0 unspecified atom stereocenters. The summed E-state index contributed by atoms with van der Waals surface area (Å²) < 4.78 is 2.04. The highest BCUT2D eigenvalue weighted by molar-refractivity contribution is 5.66. The minimum absolute atomic E-state index is 0.297. The van der Waals surface area contributed by atoms with E-state index in [2.05, 4.69) is 0 Å². The van der Waals surface area contributed by atoms with Gasteiger partial charge in [0.2, 0.25) is 0 Å². The lowest BCUT2D eigenvalue weighted by Gasteiger charge is -2.10. The Morgan fingerprint density at radius 3 is 2.55 bits per heavy atom. The summed E-state index contributed by atoms with van der Waals surface area (Å²) in [5.74, 6) is -1.22. The zero-order chi connectivity index (χ0) is 14.7. The standard InChI is InChI=1S/C14H14N2O4/c1-10-4-2-3-5-11(10)8-15-7-6-12(17)16(14(15)20)9-13(18)19/h2-7H,8-9H2,1H3,(H,18,19). The van der Waals surface area contributed by atoms with Crippen LogP contribution in [-0.4, -0.2) is 20.2 Å². The summed E-state index contributed by atoms with van der Waals surface area (Å²) in [5, 5.41) is 8.73. The molecule has 0 fully saturated rings. The molecule has 0 atom stereocenters. The summed E-state index contributed by atoms with van der Waals surface area (Å²) in [6.07, 6.45) is 1.38. The van der Waals surface area contributed by atoms with E-state index in [4.69, 9.17) is 5.11 Å². The smallest absolute Gasteiger partial charge is 0.331 e. The van der Waals surface area contributed by atoms with E-state index in [1.807, 2.05) is 31.2 Å². The summed E-state index contributed by atoms with van der Waals surface area (Å²) in [6, 6.07) is 8.76. The van der Waals surface area contributed by atoms with Crippen LogP contribution in [0.2, 0.25) is 0 Å². The average molecular weight is 274 g/mol. The van der Waals surface area contributed by atoms with E-state index in [0.717, 1.165) is 11.1 Å². The molecule has 0 aliphatic heterocycles. The molecule has 0 amide bonds. The van der Waals surface area contributed by atoms with Gasteiger partial charge in [-0.1, -0.05) is 24.3 Å². The lowest BCUT2D eigenvalue weighted by Crippen LogP contribution is -2.40. The Morgan fingerprint density at radius 1 is 1.20 bits per heavy atom. The second-order valence-electron chi connectivity index (χ2n) is 4.47. The molecule has 1 aromatic heterocycles. The lowest BCUT2D eigenvalue weighted by atomic mass is 10.1. The van der Waals surface area contributed by atoms with E-state index < -0.39 is 23.8 Å². The fourth-order valence-electron chi connectivity index (χ4n) is 1.93. The summed E-state index contributed by atoms with van der Waals surface area (Å²) >= 11 is 0. The molecule has 2 aromatic rings. The normalized spacial score (nSPS) is 10.4. The van der Waals surface area contributed by atoms with Crippen molar-refractivity contribution in [2.45, 2.75) is 20.0 Å². The fourth-order valence-corrected chi connectivity index (χ4v) is 1.93. The number of carboxylic acids is 1. The van der Waals surface area contributed by atoms with E-state index in [9.17, 15) is 14.4 Å². The SMILES string of the molecule is Cc1ccccc1Cn1ccc(=O)n(CC(=O)O)c1=O. The van der Waals surface area contributed by atoms with Crippen LogP contribution in [0, 0.1) is 6.92 Å². The number of benzene rings is 1. The molecule has 0 bridgehead atoms. The molecule has 0 saturated carbocycles. The van der Waals surface area contributed by atoms with Crippen molar-refractivity contribution in [1.82, 2.24) is 9.13 Å². The van der Waals surface area contributed by atoms with Gasteiger partial charge in [0.15, 0.2) is 0 Å². The minimum Gasteiger partial charge on any atom is -0.480 e. The van der Waals surface area contributed by atoms with Gasteiger partial charge in [-0.2, -0.15) is 0 Å². The van der Waals surface area contributed by atoms with Crippen molar-refractivity contribution in [2.75, 3.05) is 0 Å². The third kappa shape index (κ3) is 2.85.